The Morgan fingerprint density at radius 2 is 2.14 bits per heavy atom. The van der Waals surface area contributed by atoms with Crippen LogP contribution in [0.15, 0.2) is 0 Å². The minimum absolute atomic E-state index is 0.225. The van der Waals surface area contributed by atoms with E-state index in [1.807, 2.05) is 4.90 Å². The number of hydrogen-bond donors (Lipinski definition) is 1. The van der Waals surface area contributed by atoms with E-state index in [2.05, 4.69) is 0 Å². The van der Waals surface area contributed by atoms with Crippen LogP contribution >= 0.6 is 0 Å². The number of fused-ring (bicyclic) bond motifs is 1. The number of piperidine rings is 1. The van der Waals surface area contributed by atoms with Crippen LogP contribution in [0.2, 0.25) is 0 Å². The van der Waals surface area contributed by atoms with Crippen molar-refractivity contribution in [3.8, 4) is 0 Å². The molecule has 0 aromatic heterocycles. The molecule has 2 rings (SSSR count). The third-order valence-electron chi connectivity index (χ3n) is 3.90. The highest BCUT2D eigenvalue weighted by Crippen LogP contribution is 2.35. The summed E-state index contributed by atoms with van der Waals surface area (Å²) in [6.07, 6.45) is 4.81. The summed E-state index contributed by atoms with van der Waals surface area (Å²) in [6, 6.07) is 0.392. The maximum Gasteiger partial charge on any atom is 0.219 e. The minimum atomic E-state index is 0.225. The average molecular weight is 196 g/mol. The first-order valence-electron chi connectivity index (χ1n) is 5.69. The molecule has 3 unspecified atom stereocenters. The molecule has 1 saturated heterocycles. The first-order valence-corrected chi connectivity index (χ1v) is 5.69. The van der Waals surface area contributed by atoms with Crippen LogP contribution in [-0.2, 0) is 4.79 Å². The van der Waals surface area contributed by atoms with Crippen LogP contribution in [0.25, 0.3) is 0 Å². The average Bonchev–Trinajstić information content (AvgIpc) is 2.17. The molecule has 3 heteroatoms. The van der Waals surface area contributed by atoms with Gasteiger partial charge in [0.2, 0.25) is 5.91 Å². The van der Waals surface area contributed by atoms with Crippen molar-refractivity contribution in [2.45, 2.75) is 38.6 Å². The van der Waals surface area contributed by atoms with E-state index in [0.717, 1.165) is 19.5 Å². The van der Waals surface area contributed by atoms with Crippen molar-refractivity contribution in [2.75, 3.05) is 13.1 Å². The lowest BCUT2D eigenvalue weighted by Crippen LogP contribution is -2.50. The zero-order valence-electron chi connectivity index (χ0n) is 8.91. The second kappa shape index (κ2) is 3.89. The molecular weight excluding hydrogens is 176 g/mol. The van der Waals surface area contributed by atoms with E-state index >= 15 is 0 Å². The summed E-state index contributed by atoms with van der Waals surface area (Å²) in [5, 5.41) is 0. The Labute approximate surface area is 85.6 Å². The van der Waals surface area contributed by atoms with Crippen molar-refractivity contribution in [1.82, 2.24) is 4.90 Å². The monoisotopic (exact) mass is 196 g/mol. The Kier molecular flexibility index (Phi) is 2.77. The largest absolute Gasteiger partial charge is 0.343 e. The van der Waals surface area contributed by atoms with Crippen LogP contribution < -0.4 is 5.73 Å². The molecule has 14 heavy (non-hydrogen) atoms. The van der Waals surface area contributed by atoms with Gasteiger partial charge in [-0.25, -0.2) is 0 Å². The number of hydrogen-bond acceptors (Lipinski definition) is 2. The van der Waals surface area contributed by atoms with Crippen LogP contribution in [0.3, 0.4) is 0 Å². The highest BCUT2D eigenvalue weighted by atomic mass is 16.2. The number of carbonyl (C=O) groups excluding carboxylic acids is 1. The summed E-state index contributed by atoms with van der Waals surface area (Å²) in [7, 11) is 0. The molecule has 1 heterocycles. The Morgan fingerprint density at radius 1 is 1.36 bits per heavy atom. The van der Waals surface area contributed by atoms with E-state index in [4.69, 9.17) is 5.73 Å². The molecule has 1 aliphatic heterocycles. The summed E-state index contributed by atoms with van der Waals surface area (Å²) >= 11 is 0. The lowest BCUT2D eigenvalue weighted by molar-refractivity contribution is -0.132. The fraction of sp³-hybridized carbons (Fsp3) is 0.909. The second-order valence-electron chi connectivity index (χ2n) is 4.77. The molecule has 2 aliphatic rings. The first-order chi connectivity index (χ1) is 6.68. The Hall–Kier alpha value is -0.570. The third kappa shape index (κ3) is 1.78. The Balaban J connectivity index is 1.99. The molecule has 0 aromatic carbocycles. The van der Waals surface area contributed by atoms with Gasteiger partial charge in [-0.05, 0) is 31.1 Å². The van der Waals surface area contributed by atoms with Gasteiger partial charge in [0.15, 0.2) is 0 Å². The van der Waals surface area contributed by atoms with Crippen molar-refractivity contribution in [2.24, 2.45) is 17.6 Å². The molecule has 0 aromatic rings. The molecule has 80 valence electrons. The van der Waals surface area contributed by atoms with Crippen molar-refractivity contribution < 1.29 is 4.79 Å². The quantitative estimate of drug-likeness (QED) is 0.628. The SMILES string of the molecule is CC(=O)N1CCC2C(N)CCCC2C1. The van der Waals surface area contributed by atoms with Gasteiger partial charge < -0.3 is 10.6 Å². The zero-order valence-corrected chi connectivity index (χ0v) is 8.91. The number of nitrogens with two attached hydrogens (primary N) is 1. The van der Waals surface area contributed by atoms with Gasteiger partial charge in [0.1, 0.15) is 0 Å². The standard InChI is InChI=1S/C11H20N2O/c1-8(14)13-6-5-10-9(7-13)3-2-4-11(10)12/h9-11H,2-7,12H2,1H3. The predicted molar refractivity (Wildman–Crippen MR) is 55.7 cm³/mol. The number of rotatable bonds is 0. The molecule has 2 N–H and O–H groups in total. The van der Waals surface area contributed by atoms with Crippen molar-refractivity contribution >= 4 is 5.91 Å². The summed E-state index contributed by atoms with van der Waals surface area (Å²) in [6.45, 7) is 3.54. The van der Waals surface area contributed by atoms with Crippen LogP contribution in [0.5, 0.6) is 0 Å². The summed E-state index contributed by atoms with van der Waals surface area (Å²) < 4.78 is 0. The first kappa shape index (κ1) is 9.97. The number of carbonyl (C=O) groups is 1. The normalized spacial score (nSPS) is 37.9. The number of amides is 1. The number of likely N-dealkylation sites (tertiary alicyclic amines) is 1. The molecular formula is C11H20N2O. The number of nitrogens with zero attached hydrogens (tertiary/aromatic N) is 1. The van der Waals surface area contributed by atoms with Crippen molar-refractivity contribution in [3.63, 3.8) is 0 Å². The smallest absolute Gasteiger partial charge is 0.219 e. The van der Waals surface area contributed by atoms with Crippen molar-refractivity contribution in [3.05, 3.63) is 0 Å². The Morgan fingerprint density at radius 3 is 2.86 bits per heavy atom. The van der Waals surface area contributed by atoms with Gasteiger partial charge in [-0.3, -0.25) is 4.79 Å². The third-order valence-corrected chi connectivity index (χ3v) is 3.90. The molecule has 0 radical (unpaired) electrons. The molecule has 1 aliphatic carbocycles. The minimum Gasteiger partial charge on any atom is -0.343 e. The van der Waals surface area contributed by atoms with E-state index in [9.17, 15) is 4.79 Å². The van der Waals surface area contributed by atoms with Crippen molar-refractivity contribution in [1.29, 1.82) is 0 Å². The maximum atomic E-state index is 11.2. The van der Waals surface area contributed by atoms with Crippen LogP contribution in [0.4, 0.5) is 0 Å². The Bertz CT molecular complexity index is 229. The molecule has 3 nitrogen and oxygen atoms in total. The van der Waals surface area contributed by atoms with E-state index in [1.165, 1.54) is 19.3 Å². The van der Waals surface area contributed by atoms with Crippen LogP contribution in [0.1, 0.15) is 32.6 Å². The lowest BCUT2D eigenvalue weighted by Gasteiger charge is -2.43. The predicted octanol–water partition coefficient (Wildman–Crippen LogP) is 0.982. The molecule has 2 fully saturated rings. The molecule has 1 saturated carbocycles. The van der Waals surface area contributed by atoms with Gasteiger partial charge in [-0.15, -0.1) is 0 Å². The fourth-order valence-corrected chi connectivity index (χ4v) is 3.04. The van der Waals surface area contributed by atoms with E-state index in [0.29, 0.717) is 17.9 Å². The molecule has 1 amide bonds. The fourth-order valence-electron chi connectivity index (χ4n) is 3.04. The van der Waals surface area contributed by atoms with Gasteiger partial charge in [-0.1, -0.05) is 6.42 Å². The summed E-state index contributed by atoms with van der Waals surface area (Å²) in [4.78, 5) is 13.2. The van der Waals surface area contributed by atoms with Gasteiger partial charge >= 0.3 is 0 Å². The maximum absolute atomic E-state index is 11.2. The molecule has 3 atom stereocenters. The lowest BCUT2D eigenvalue weighted by atomic mass is 9.72. The second-order valence-corrected chi connectivity index (χ2v) is 4.77. The molecule has 0 bridgehead atoms. The highest BCUT2D eigenvalue weighted by molar-refractivity contribution is 5.73. The zero-order chi connectivity index (χ0) is 10.1. The van der Waals surface area contributed by atoms with Crippen LogP contribution in [-0.4, -0.2) is 29.9 Å². The van der Waals surface area contributed by atoms with Gasteiger partial charge in [0.05, 0.1) is 0 Å². The van der Waals surface area contributed by atoms with Gasteiger partial charge in [-0.2, -0.15) is 0 Å². The van der Waals surface area contributed by atoms with E-state index in [1.54, 1.807) is 6.92 Å². The van der Waals surface area contributed by atoms with E-state index in [-0.39, 0.29) is 5.91 Å². The summed E-state index contributed by atoms with van der Waals surface area (Å²) in [5.74, 6) is 1.58. The highest BCUT2D eigenvalue weighted by Gasteiger charge is 2.36. The molecule has 0 spiro atoms. The van der Waals surface area contributed by atoms with Gasteiger partial charge in [0.25, 0.3) is 0 Å². The summed E-state index contributed by atoms with van der Waals surface area (Å²) in [5.41, 5.74) is 6.11. The van der Waals surface area contributed by atoms with Crippen LogP contribution in [0, 0.1) is 11.8 Å². The van der Waals surface area contributed by atoms with Gasteiger partial charge in [0, 0.05) is 26.1 Å². The van der Waals surface area contributed by atoms with E-state index < -0.39 is 0 Å². The topological polar surface area (TPSA) is 46.3 Å².